The van der Waals surface area contributed by atoms with E-state index in [0.717, 1.165) is 5.69 Å². The van der Waals surface area contributed by atoms with E-state index >= 15 is 0 Å². The van der Waals surface area contributed by atoms with Crippen molar-refractivity contribution in [1.29, 1.82) is 0 Å². The average molecular weight is 217 g/mol. The minimum atomic E-state index is 0.516. The lowest BCUT2D eigenvalue weighted by Gasteiger charge is -2.10. The van der Waals surface area contributed by atoms with Gasteiger partial charge in [0.2, 0.25) is 0 Å². The molecule has 0 aliphatic carbocycles. The molecule has 1 nitrogen and oxygen atoms in total. The number of rotatable bonds is 3. The quantitative estimate of drug-likeness (QED) is 0.641. The second-order valence-corrected chi connectivity index (χ2v) is 5.11. The first kappa shape index (κ1) is 13.0. The molecule has 1 aromatic carbocycles. The monoisotopic (exact) mass is 217 g/mol. The van der Waals surface area contributed by atoms with E-state index < -0.39 is 0 Å². The average Bonchev–Trinajstić information content (AvgIpc) is 2.20. The van der Waals surface area contributed by atoms with E-state index in [1.807, 2.05) is 0 Å². The fraction of sp³-hybridized carbons (Fsp3) is 0.533. The first-order chi connectivity index (χ1) is 7.41. The summed E-state index contributed by atoms with van der Waals surface area (Å²) < 4.78 is 0. The smallest absolute Gasteiger partial charge is 0.0661 e. The van der Waals surface area contributed by atoms with Crippen LogP contribution in [0.4, 0.5) is 5.69 Å². The second-order valence-electron chi connectivity index (χ2n) is 5.11. The largest absolute Gasteiger partial charge is 0.258 e. The first-order valence-corrected chi connectivity index (χ1v) is 6.07. The van der Waals surface area contributed by atoms with Gasteiger partial charge in [-0.1, -0.05) is 39.8 Å². The van der Waals surface area contributed by atoms with E-state index in [2.05, 4.69) is 59.7 Å². The minimum Gasteiger partial charge on any atom is -0.258 e. The minimum absolute atomic E-state index is 0.516. The Hall–Kier alpha value is -1.11. The lowest BCUT2D eigenvalue weighted by atomic mass is 10.0. The zero-order valence-corrected chi connectivity index (χ0v) is 11.3. The van der Waals surface area contributed by atoms with Crippen LogP contribution in [0.15, 0.2) is 23.2 Å². The molecule has 0 radical (unpaired) electrons. The molecule has 0 bridgehead atoms. The van der Waals surface area contributed by atoms with Crippen LogP contribution >= 0.6 is 0 Å². The molecule has 0 atom stereocenters. The lowest BCUT2D eigenvalue weighted by molar-refractivity contribution is 0.864. The summed E-state index contributed by atoms with van der Waals surface area (Å²) in [6, 6.07) is 6.58. The van der Waals surface area contributed by atoms with Gasteiger partial charge in [0.05, 0.1) is 5.69 Å². The Morgan fingerprint density at radius 2 is 1.75 bits per heavy atom. The van der Waals surface area contributed by atoms with Gasteiger partial charge < -0.3 is 0 Å². The highest BCUT2D eigenvalue weighted by atomic mass is 14.7. The SMILES string of the molecule is C/C(=N\c1cc(C(C)C)ccc1C)C(C)C. The van der Waals surface area contributed by atoms with Gasteiger partial charge in [-0.25, -0.2) is 0 Å². The molecule has 0 heterocycles. The van der Waals surface area contributed by atoms with E-state index in [-0.39, 0.29) is 0 Å². The normalized spacial score (nSPS) is 12.6. The van der Waals surface area contributed by atoms with Crippen LogP contribution in [0.2, 0.25) is 0 Å². The van der Waals surface area contributed by atoms with Crippen molar-refractivity contribution >= 4 is 11.4 Å². The Morgan fingerprint density at radius 3 is 2.25 bits per heavy atom. The first-order valence-electron chi connectivity index (χ1n) is 6.07. The van der Waals surface area contributed by atoms with Crippen LogP contribution in [-0.2, 0) is 0 Å². The van der Waals surface area contributed by atoms with Crippen LogP contribution in [0, 0.1) is 12.8 Å². The summed E-state index contributed by atoms with van der Waals surface area (Å²) in [5.41, 5.74) is 4.94. The Balaban J connectivity index is 3.13. The van der Waals surface area contributed by atoms with E-state index in [1.54, 1.807) is 0 Å². The zero-order chi connectivity index (χ0) is 12.3. The van der Waals surface area contributed by atoms with Gasteiger partial charge in [-0.15, -0.1) is 0 Å². The number of aryl methyl sites for hydroxylation is 1. The molecule has 0 unspecified atom stereocenters. The van der Waals surface area contributed by atoms with E-state index in [9.17, 15) is 0 Å². The predicted octanol–water partition coefficient (Wildman–Crippen LogP) is 4.87. The van der Waals surface area contributed by atoms with Gasteiger partial charge in [-0.3, -0.25) is 4.99 Å². The highest BCUT2D eigenvalue weighted by molar-refractivity contribution is 5.86. The van der Waals surface area contributed by atoms with Crippen molar-refractivity contribution < 1.29 is 0 Å². The maximum Gasteiger partial charge on any atom is 0.0661 e. The van der Waals surface area contributed by atoms with Crippen molar-refractivity contribution in [2.45, 2.75) is 47.5 Å². The molecule has 0 aliphatic rings. The van der Waals surface area contributed by atoms with E-state index in [4.69, 9.17) is 4.99 Å². The van der Waals surface area contributed by atoms with Crippen molar-refractivity contribution in [1.82, 2.24) is 0 Å². The molecule has 0 spiro atoms. The van der Waals surface area contributed by atoms with Crippen molar-refractivity contribution in [2.75, 3.05) is 0 Å². The third kappa shape index (κ3) is 3.19. The molecule has 1 aromatic rings. The fourth-order valence-corrected chi connectivity index (χ4v) is 1.43. The number of hydrogen-bond donors (Lipinski definition) is 0. The molecule has 0 saturated carbocycles. The standard InChI is InChI=1S/C15H23N/c1-10(2)13(6)16-15-9-14(11(3)4)8-7-12(15)5/h7-11H,1-6H3/b16-13+. The molecule has 0 aromatic heterocycles. The van der Waals surface area contributed by atoms with Gasteiger partial charge in [-0.05, 0) is 42.9 Å². The van der Waals surface area contributed by atoms with Gasteiger partial charge >= 0.3 is 0 Å². The maximum atomic E-state index is 4.72. The van der Waals surface area contributed by atoms with Crippen LogP contribution in [0.5, 0.6) is 0 Å². The van der Waals surface area contributed by atoms with Crippen LogP contribution in [0.1, 0.15) is 51.7 Å². The van der Waals surface area contributed by atoms with Gasteiger partial charge in [0.15, 0.2) is 0 Å². The number of aliphatic imine (C=N–C) groups is 1. The molecule has 1 rings (SSSR count). The molecular weight excluding hydrogens is 194 g/mol. The number of hydrogen-bond acceptors (Lipinski definition) is 1. The summed E-state index contributed by atoms with van der Waals surface area (Å²) in [4.78, 5) is 4.72. The van der Waals surface area contributed by atoms with Gasteiger partial charge in [-0.2, -0.15) is 0 Å². The van der Waals surface area contributed by atoms with E-state index in [1.165, 1.54) is 16.8 Å². The van der Waals surface area contributed by atoms with Gasteiger partial charge in [0, 0.05) is 5.71 Å². The summed E-state index contributed by atoms with van der Waals surface area (Å²) in [5, 5.41) is 0. The van der Waals surface area contributed by atoms with Crippen molar-refractivity contribution in [2.24, 2.45) is 10.9 Å². The molecule has 1 heteroatoms. The van der Waals surface area contributed by atoms with Crippen LogP contribution in [-0.4, -0.2) is 5.71 Å². The number of benzene rings is 1. The third-order valence-corrected chi connectivity index (χ3v) is 3.03. The summed E-state index contributed by atoms with van der Waals surface area (Å²) in [6.45, 7) is 13.0. The second kappa shape index (κ2) is 5.29. The zero-order valence-electron chi connectivity index (χ0n) is 11.3. The molecule has 0 aliphatic heterocycles. The van der Waals surface area contributed by atoms with Crippen molar-refractivity contribution in [3.05, 3.63) is 29.3 Å². The Kier molecular flexibility index (Phi) is 4.28. The van der Waals surface area contributed by atoms with Crippen molar-refractivity contribution in [3.8, 4) is 0 Å². The summed E-state index contributed by atoms with van der Waals surface area (Å²) in [7, 11) is 0. The molecule has 0 N–H and O–H groups in total. The summed E-state index contributed by atoms with van der Waals surface area (Å²) in [6.07, 6.45) is 0. The Labute approximate surface area is 99.6 Å². The van der Waals surface area contributed by atoms with Crippen molar-refractivity contribution in [3.63, 3.8) is 0 Å². The summed E-state index contributed by atoms with van der Waals surface area (Å²) in [5.74, 6) is 1.08. The molecule has 0 saturated heterocycles. The van der Waals surface area contributed by atoms with Crippen LogP contribution in [0.3, 0.4) is 0 Å². The van der Waals surface area contributed by atoms with Crippen LogP contribution in [0.25, 0.3) is 0 Å². The summed E-state index contributed by atoms with van der Waals surface area (Å²) >= 11 is 0. The topological polar surface area (TPSA) is 12.4 Å². The Bertz CT molecular complexity index is 386. The maximum absolute atomic E-state index is 4.72. The predicted molar refractivity (Wildman–Crippen MR) is 72.9 cm³/mol. The van der Waals surface area contributed by atoms with Gasteiger partial charge in [0.1, 0.15) is 0 Å². The Morgan fingerprint density at radius 1 is 1.12 bits per heavy atom. The van der Waals surface area contributed by atoms with Crippen LogP contribution < -0.4 is 0 Å². The lowest BCUT2D eigenvalue weighted by Crippen LogP contribution is -2.01. The highest BCUT2D eigenvalue weighted by Crippen LogP contribution is 2.25. The third-order valence-electron chi connectivity index (χ3n) is 3.03. The molecule has 88 valence electrons. The van der Waals surface area contributed by atoms with E-state index in [0.29, 0.717) is 11.8 Å². The number of nitrogens with zero attached hydrogens (tertiary/aromatic N) is 1. The molecular formula is C15H23N. The van der Waals surface area contributed by atoms with Gasteiger partial charge in [0.25, 0.3) is 0 Å². The molecule has 0 fully saturated rings. The highest BCUT2D eigenvalue weighted by Gasteiger charge is 2.04. The molecule has 0 amide bonds. The fourth-order valence-electron chi connectivity index (χ4n) is 1.43. The molecule has 16 heavy (non-hydrogen) atoms.